The van der Waals surface area contributed by atoms with Gasteiger partial charge in [-0.3, -0.25) is 0 Å². The first kappa shape index (κ1) is 16.2. The van der Waals surface area contributed by atoms with Crippen LogP contribution in [0, 0.1) is 5.92 Å². The number of halogens is 2. The number of esters is 1. The molecule has 2 atom stereocenters. The van der Waals surface area contributed by atoms with Gasteiger partial charge in [0.25, 0.3) is 0 Å². The van der Waals surface area contributed by atoms with Gasteiger partial charge < -0.3 is 10.1 Å². The molecule has 0 bridgehead atoms. The van der Waals surface area contributed by atoms with Gasteiger partial charge in [0.15, 0.2) is 0 Å². The van der Waals surface area contributed by atoms with Gasteiger partial charge in [0.05, 0.1) is 16.7 Å². The zero-order valence-corrected chi connectivity index (χ0v) is 13.5. The number of hydrogen-bond donors (Lipinski definition) is 1. The Morgan fingerprint density at radius 1 is 1.43 bits per heavy atom. The highest BCUT2D eigenvalue weighted by Crippen LogP contribution is 2.28. The monoisotopic (exact) mass is 327 g/mol. The van der Waals surface area contributed by atoms with Crippen molar-refractivity contribution in [2.45, 2.75) is 32.2 Å². The van der Waals surface area contributed by atoms with Crippen LogP contribution in [0.1, 0.15) is 26.2 Å². The zero-order valence-electron chi connectivity index (χ0n) is 11.9. The lowest BCUT2D eigenvalue weighted by atomic mass is 9.89. The molecule has 0 saturated heterocycles. The van der Waals surface area contributed by atoms with E-state index < -0.39 is 6.04 Å². The third-order valence-corrected chi connectivity index (χ3v) is 4.24. The van der Waals surface area contributed by atoms with Crippen molar-refractivity contribution < 1.29 is 9.53 Å². The highest BCUT2D eigenvalue weighted by Gasteiger charge is 2.28. The van der Waals surface area contributed by atoms with Gasteiger partial charge in [0.2, 0.25) is 0 Å². The molecule has 0 unspecified atom stereocenters. The Balaban J connectivity index is 2.18. The van der Waals surface area contributed by atoms with Crippen LogP contribution in [-0.4, -0.2) is 18.6 Å². The first-order chi connectivity index (χ1) is 10.1. The number of nitrogens with one attached hydrogen (secondary N) is 1. The van der Waals surface area contributed by atoms with Gasteiger partial charge in [-0.05, 0) is 44.4 Å². The van der Waals surface area contributed by atoms with Crippen molar-refractivity contribution in [1.82, 2.24) is 0 Å². The van der Waals surface area contributed by atoms with Gasteiger partial charge in [-0.1, -0.05) is 35.4 Å². The molecule has 1 aliphatic carbocycles. The molecule has 5 heteroatoms. The Kier molecular flexibility index (Phi) is 5.95. The van der Waals surface area contributed by atoms with Crippen LogP contribution in [0.4, 0.5) is 5.69 Å². The molecule has 0 fully saturated rings. The fraction of sp³-hybridized carbons (Fsp3) is 0.438. The van der Waals surface area contributed by atoms with E-state index >= 15 is 0 Å². The van der Waals surface area contributed by atoms with Gasteiger partial charge in [-0.2, -0.15) is 0 Å². The maximum Gasteiger partial charge on any atom is 0.329 e. The van der Waals surface area contributed by atoms with Crippen molar-refractivity contribution in [3.8, 4) is 0 Å². The van der Waals surface area contributed by atoms with Gasteiger partial charge in [0, 0.05) is 11.6 Å². The first-order valence-electron chi connectivity index (χ1n) is 7.16. The summed E-state index contributed by atoms with van der Waals surface area (Å²) in [7, 11) is 0. The minimum atomic E-state index is -0.404. The fourth-order valence-electron chi connectivity index (χ4n) is 2.45. The van der Waals surface area contributed by atoms with E-state index in [1.54, 1.807) is 12.1 Å². The summed E-state index contributed by atoms with van der Waals surface area (Å²) in [6, 6.07) is 4.85. The maximum absolute atomic E-state index is 12.2. The Morgan fingerprint density at radius 3 is 2.86 bits per heavy atom. The second-order valence-corrected chi connectivity index (χ2v) is 5.84. The number of rotatable bonds is 5. The van der Waals surface area contributed by atoms with E-state index in [4.69, 9.17) is 27.9 Å². The van der Waals surface area contributed by atoms with Crippen molar-refractivity contribution >= 4 is 34.9 Å². The lowest BCUT2D eigenvalue weighted by Crippen LogP contribution is -2.38. The lowest BCUT2D eigenvalue weighted by Gasteiger charge is -2.27. The SMILES string of the molecule is CCOC(=O)[C@H](Nc1ccc(Cl)c(Cl)c1)[C@H]1C=CCCC1. The summed E-state index contributed by atoms with van der Waals surface area (Å²) in [6.45, 7) is 2.18. The van der Waals surface area contributed by atoms with Crippen molar-refractivity contribution in [3.05, 3.63) is 40.4 Å². The zero-order chi connectivity index (χ0) is 15.2. The molecule has 0 amide bonds. The predicted octanol–water partition coefficient (Wildman–Crippen LogP) is 4.69. The Hall–Kier alpha value is -1.19. The number of carbonyl (C=O) groups excluding carboxylic acids is 1. The Labute approximate surface area is 135 Å². The van der Waals surface area contributed by atoms with Crippen LogP contribution in [0.2, 0.25) is 10.0 Å². The van der Waals surface area contributed by atoms with Crippen LogP contribution in [0.25, 0.3) is 0 Å². The Morgan fingerprint density at radius 2 is 2.24 bits per heavy atom. The summed E-state index contributed by atoms with van der Waals surface area (Å²) in [4.78, 5) is 12.2. The summed E-state index contributed by atoms with van der Waals surface area (Å²) >= 11 is 11.9. The normalized spacial score (nSPS) is 19.1. The average Bonchev–Trinajstić information content (AvgIpc) is 2.49. The van der Waals surface area contributed by atoms with Crippen LogP contribution in [0.15, 0.2) is 30.4 Å². The molecular formula is C16H19Cl2NO2. The Bertz CT molecular complexity index is 531. The molecule has 114 valence electrons. The minimum Gasteiger partial charge on any atom is -0.464 e. The number of benzene rings is 1. The third-order valence-electron chi connectivity index (χ3n) is 3.50. The second kappa shape index (κ2) is 7.71. The van der Waals surface area contributed by atoms with Crippen LogP contribution < -0.4 is 5.32 Å². The van der Waals surface area contributed by atoms with Crippen molar-refractivity contribution in [2.75, 3.05) is 11.9 Å². The standard InChI is InChI=1S/C16H19Cl2NO2/c1-2-21-16(20)15(11-6-4-3-5-7-11)19-12-8-9-13(17)14(18)10-12/h4,6,8-11,15,19H,2-3,5,7H2,1H3/t11-,15+/m0/s1. The summed E-state index contributed by atoms with van der Waals surface area (Å²) in [5.41, 5.74) is 0.765. The average molecular weight is 328 g/mol. The molecule has 21 heavy (non-hydrogen) atoms. The number of carbonyl (C=O) groups is 1. The number of ether oxygens (including phenoxy) is 1. The molecule has 3 nitrogen and oxygen atoms in total. The van der Waals surface area contributed by atoms with Crippen molar-refractivity contribution in [3.63, 3.8) is 0 Å². The largest absolute Gasteiger partial charge is 0.464 e. The van der Waals surface area contributed by atoms with E-state index in [1.807, 2.05) is 13.0 Å². The first-order valence-corrected chi connectivity index (χ1v) is 7.92. The second-order valence-electron chi connectivity index (χ2n) is 5.03. The van der Waals surface area contributed by atoms with Crippen LogP contribution in [-0.2, 0) is 9.53 Å². The molecule has 0 heterocycles. The van der Waals surface area contributed by atoms with Crippen molar-refractivity contribution in [2.24, 2.45) is 5.92 Å². The van der Waals surface area contributed by atoms with Gasteiger partial charge in [-0.15, -0.1) is 0 Å². The number of hydrogen-bond acceptors (Lipinski definition) is 3. The summed E-state index contributed by atoms with van der Waals surface area (Å²) in [5, 5.41) is 4.19. The summed E-state index contributed by atoms with van der Waals surface area (Å²) in [6.07, 6.45) is 7.33. The smallest absolute Gasteiger partial charge is 0.329 e. The third kappa shape index (κ3) is 4.39. The molecule has 2 rings (SSSR count). The lowest BCUT2D eigenvalue weighted by molar-refractivity contribution is -0.145. The van der Waals surface area contributed by atoms with E-state index in [2.05, 4.69) is 17.5 Å². The molecule has 0 radical (unpaired) electrons. The molecule has 1 aliphatic rings. The van der Waals surface area contributed by atoms with Crippen LogP contribution in [0.5, 0.6) is 0 Å². The predicted molar refractivity (Wildman–Crippen MR) is 87.0 cm³/mol. The van der Waals surface area contributed by atoms with E-state index in [0.29, 0.717) is 16.7 Å². The van der Waals surface area contributed by atoms with Crippen LogP contribution in [0.3, 0.4) is 0 Å². The molecular weight excluding hydrogens is 309 g/mol. The molecule has 1 N–H and O–H groups in total. The van der Waals surface area contributed by atoms with E-state index in [9.17, 15) is 4.79 Å². The maximum atomic E-state index is 12.2. The van der Waals surface area contributed by atoms with E-state index in [0.717, 1.165) is 24.9 Å². The quantitative estimate of drug-likeness (QED) is 0.629. The van der Waals surface area contributed by atoms with E-state index in [1.165, 1.54) is 0 Å². The molecule has 0 aliphatic heterocycles. The fourth-order valence-corrected chi connectivity index (χ4v) is 2.75. The number of allylic oxidation sites excluding steroid dienone is 1. The topological polar surface area (TPSA) is 38.3 Å². The minimum absolute atomic E-state index is 0.132. The molecule has 0 spiro atoms. The highest BCUT2D eigenvalue weighted by atomic mass is 35.5. The highest BCUT2D eigenvalue weighted by molar-refractivity contribution is 6.42. The van der Waals surface area contributed by atoms with Crippen LogP contribution >= 0.6 is 23.2 Å². The van der Waals surface area contributed by atoms with E-state index in [-0.39, 0.29) is 11.9 Å². The molecule has 0 saturated carbocycles. The van der Waals surface area contributed by atoms with Gasteiger partial charge >= 0.3 is 5.97 Å². The van der Waals surface area contributed by atoms with Gasteiger partial charge in [-0.25, -0.2) is 4.79 Å². The summed E-state index contributed by atoms with van der Waals surface area (Å²) in [5.74, 6) is -0.104. The van der Waals surface area contributed by atoms with Gasteiger partial charge in [0.1, 0.15) is 6.04 Å². The van der Waals surface area contributed by atoms with Crippen molar-refractivity contribution in [1.29, 1.82) is 0 Å². The number of anilines is 1. The molecule has 1 aromatic rings. The molecule has 1 aromatic carbocycles. The summed E-state index contributed by atoms with van der Waals surface area (Å²) < 4.78 is 5.19. The molecule has 0 aromatic heterocycles.